The number of rotatable bonds is 5. The molecule has 0 aromatic heterocycles. The molecule has 0 bridgehead atoms. The number of amides is 1. The number of nitrogens with one attached hydrogen (secondary N) is 1. The van der Waals surface area contributed by atoms with Gasteiger partial charge in [-0.3, -0.25) is 4.79 Å². The lowest BCUT2D eigenvalue weighted by molar-refractivity contribution is -0.141. The maximum Gasteiger partial charge on any atom is 0.391 e. The fourth-order valence-electron chi connectivity index (χ4n) is 1.88. The van der Waals surface area contributed by atoms with Crippen LogP contribution in [0.1, 0.15) is 24.8 Å². The molecule has 1 amide bonds. The van der Waals surface area contributed by atoms with Crippen LogP contribution in [0.25, 0.3) is 0 Å². The molecule has 0 saturated heterocycles. The van der Waals surface area contributed by atoms with Gasteiger partial charge in [-0.2, -0.15) is 13.2 Å². The van der Waals surface area contributed by atoms with Gasteiger partial charge in [0.25, 0.3) is 0 Å². The highest BCUT2D eigenvalue weighted by Crippen LogP contribution is 2.22. The van der Waals surface area contributed by atoms with E-state index in [0.29, 0.717) is 5.56 Å². The summed E-state index contributed by atoms with van der Waals surface area (Å²) in [5.74, 6) is -2.29. The number of alkyl halides is 3. The molecule has 1 aromatic rings. The molecule has 21 heavy (non-hydrogen) atoms. The number of oxime groups is 1. The molecule has 2 unspecified atom stereocenters. The van der Waals surface area contributed by atoms with Crippen LogP contribution in [0.15, 0.2) is 35.5 Å². The minimum Gasteiger partial charge on any atom is -0.409 e. The fourth-order valence-corrected chi connectivity index (χ4v) is 1.88. The van der Waals surface area contributed by atoms with Crippen molar-refractivity contribution in [3.05, 3.63) is 35.9 Å². The molecule has 0 aliphatic carbocycles. The van der Waals surface area contributed by atoms with Crippen molar-refractivity contribution < 1.29 is 23.2 Å². The van der Waals surface area contributed by atoms with Gasteiger partial charge in [-0.1, -0.05) is 35.5 Å². The van der Waals surface area contributed by atoms with Gasteiger partial charge in [-0.05, 0) is 12.5 Å². The Hall–Kier alpha value is -2.25. The molecule has 0 heterocycles. The molecular formula is C13H16F3N3O2. The first kappa shape index (κ1) is 16.8. The zero-order chi connectivity index (χ0) is 16.0. The maximum atomic E-state index is 12.3. The van der Waals surface area contributed by atoms with Crippen molar-refractivity contribution in [3.63, 3.8) is 0 Å². The van der Waals surface area contributed by atoms with Crippen LogP contribution >= 0.6 is 0 Å². The highest BCUT2D eigenvalue weighted by atomic mass is 19.4. The lowest BCUT2D eigenvalue weighted by Gasteiger charge is -2.20. The Morgan fingerprint density at radius 1 is 1.38 bits per heavy atom. The minimum atomic E-state index is -4.38. The van der Waals surface area contributed by atoms with Crippen LogP contribution in [0.5, 0.6) is 0 Å². The molecule has 0 aliphatic rings. The van der Waals surface area contributed by atoms with Crippen LogP contribution in [0.3, 0.4) is 0 Å². The van der Waals surface area contributed by atoms with Crippen LogP contribution in [-0.4, -0.2) is 29.2 Å². The quantitative estimate of drug-likeness (QED) is 0.336. The number of amidine groups is 1. The lowest BCUT2D eigenvalue weighted by atomic mass is 9.96. The van der Waals surface area contributed by atoms with E-state index in [1.54, 1.807) is 30.3 Å². The number of benzene rings is 1. The summed E-state index contributed by atoms with van der Waals surface area (Å²) in [7, 11) is 0. The van der Waals surface area contributed by atoms with Crippen LogP contribution in [0, 0.1) is 0 Å². The first-order valence-corrected chi connectivity index (χ1v) is 6.14. The third kappa shape index (κ3) is 5.33. The maximum absolute atomic E-state index is 12.3. The van der Waals surface area contributed by atoms with Gasteiger partial charge < -0.3 is 16.3 Å². The molecule has 4 N–H and O–H groups in total. The Labute approximate surface area is 119 Å². The molecule has 0 aliphatic heterocycles. The van der Waals surface area contributed by atoms with Gasteiger partial charge in [0.15, 0.2) is 5.84 Å². The predicted molar refractivity (Wildman–Crippen MR) is 70.9 cm³/mol. The number of nitrogens with two attached hydrogens (primary N) is 1. The van der Waals surface area contributed by atoms with Crippen molar-refractivity contribution in [2.75, 3.05) is 0 Å². The summed E-state index contributed by atoms with van der Waals surface area (Å²) >= 11 is 0. The number of halogens is 3. The molecule has 5 nitrogen and oxygen atoms in total. The van der Waals surface area contributed by atoms with E-state index in [2.05, 4.69) is 10.5 Å². The second-order valence-corrected chi connectivity index (χ2v) is 4.60. The Morgan fingerprint density at radius 3 is 2.43 bits per heavy atom. The Kier molecular flexibility index (Phi) is 5.57. The van der Waals surface area contributed by atoms with E-state index in [1.807, 2.05) is 0 Å². The van der Waals surface area contributed by atoms with E-state index in [9.17, 15) is 18.0 Å². The molecule has 1 aromatic carbocycles. The van der Waals surface area contributed by atoms with Crippen LogP contribution in [0.4, 0.5) is 13.2 Å². The Balaban J connectivity index is 2.88. The molecule has 0 fully saturated rings. The molecule has 0 radical (unpaired) electrons. The Morgan fingerprint density at radius 2 is 1.95 bits per heavy atom. The van der Waals surface area contributed by atoms with Crippen molar-refractivity contribution in [1.29, 1.82) is 0 Å². The zero-order valence-electron chi connectivity index (χ0n) is 11.3. The molecule has 2 atom stereocenters. The average molecular weight is 303 g/mol. The van der Waals surface area contributed by atoms with Gasteiger partial charge in [0, 0.05) is 6.04 Å². The summed E-state index contributed by atoms with van der Waals surface area (Å²) in [4.78, 5) is 12.1. The third-order valence-electron chi connectivity index (χ3n) is 2.73. The number of carbonyl (C=O) groups is 1. The predicted octanol–water partition coefficient (Wildman–Crippen LogP) is 1.97. The topological polar surface area (TPSA) is 87.7 Å². The van der Waals surface area contributed by atoms with Crippen LogP contribution in [-0.2, 0) is 4.79 Å². The van der Waals surface area contributed by atoms with Crippen molar-refractivity contribution in [2.45, 2.75) is 31.5 Å². The van der Waals surface area contributed by atoms with Gasteiger partial charge in [0.2, 0.25) is 5.91 Å². The number of nitrogens with zero attached hydrogens (tertiary/aromatic N) is 1. The third-order valence-corrected chi connectivity index (χ3v) is 2.73. The van der Waals surface area contributed by atoms with Crippen molar-refractivity contribution in [2.24, 2.45) is 10.9 Å². The summed E-state index contributed by atoms with van der Waals surface area (Å²) in [6.07, 6.45) is -5.54. The summed E-state index contributed by atoms with van der Waals surface area (Å²) in [5, 5.41) is 13.7. The average Bonchev–Trinajstić information content (AvgIpc) is 2.37. The molecule has 0 saturated carbocycles. The van der Waals surface area contributed by atoms with Gasteiger partial charge in [-0.25, -0.2) is 0 Å². The van der Waals surface area contributed by atoms with E-state index in [4.69, 9.17) is 10.9 Å². The summed E-state index contributed by atoms with van der Waals surface area (Å²) in [6, 6.07) is 7.00. The fraction of sp³-hybridized carbons (Fsp3) is 0.385. The second-order valence-electron chi connectivity index (χ2n) is 4.60. The van der Waals surface area contributed by atoms with E-state index in [0.717, 1.165) is 0 Å². The first-order valence-electron chi connectivity index (χ1n) is 6.14. The highest BCUT2D eigenvalue weighted by molar-refractivity contribution is 6.07. The smallest absolute Gasteiger partial charge is 0.391 e. The van der Waals surface area contributed by atoms with E-state index in [1.165, 1.54) is 6.92 Å². The molecule has 0 spiro atoms. The first-order chi connectivity index (χ1) is 9.74. The van der Waals surface area contributed by atoms with Crippen molar-refractivity contribution >= 4 is 11.7 Å². The molecule has 1 rings (SSSR count). The lowest BCUT2D eigenvalue weighted by Crippen LogP contribution is -2.42. The number of hydrogen-bond donors (Lipinski definition) is 3. The highest BCUT2D eigenvalue weighted by Gasteiger charge is 2.32. The monoisotopic (exact) mass is 303 g/mol. The summed E-state index contributed by atoms with van der Waals surface area (Å²) in [6.45, 7) is 1.24. The minimum absolute atomic E-state index is 0.391. The van der Waals surface area contributed by atoms with Crippen molar-refractivity contribution in [3.8, 4) is 0 Å². The van der Waals surface area contributed by atoms with Crippen LogP contribution in [0.2, 0.25) is 0 Å². The number of hydrogen-bond acceptors (Lipinski definition) is 3. The van der Waals surface area contributed by atoms with Gasteiger partial charge in [0.1, 0.15) is 5.92 Å². The summed E-state index contributed by atoms with van der Waals surface area (Å²) < 4.78 is 36.8. The van der Waals surface area contributed by atoms with Gasteiger partial charge in [-0.15, -0.1) is 0 Å². The largest absolute Gasteiger partial charge is 0.409 e. The number of carbonyl (C=O) groups excluding carboxylic acids is 1. The molecule has 116 valence electrons. The van der Waals surface area contributed by atoms with Crippen LogP contribution < -0.4 is 11.1 Å². The van der Waals surface area contributed by atoms with Gasteiger partial charge in [0.05, 0.1) is 6.42 Å². The Bertz CT molecular complexity index is 503. The van der Waals surface area contributed by atoms with E-state index < -0.39 is 36.3 Å². The SMILES string of the molecule is CC(CC(F)(F)F)NC(=O)C(/C(N)=N/O)c1ccccc1. The second kappa shape index (κ2) is 6.96. The standard InChI is InChI=1S/C13H16F3N3O2/c1-8(7-13(14,15)16)18-12(20)10(11(17)19-21)9-5-3-2-4-6-9/h2-6,8,10,21H,7H2,1H3,(H2,17,19)(H,18,20). The summed E-state index contributed by atoms with van der Waals surface area (Å²) in [5.41, 5.74) is 5.89. The zero-order valence-corrected chi connectivity index (χ0v) is 11.3. The van der Waals surface area contributed by atoms with E-state index >= 15 is 0 Å². The molecular weight excluding hydrogens is 287 g/mol. The van der Waals surface area contributed by atoms with E-state index in [-0.39, 0.29) is 0 Å². The van der Waals surface area contributed by atoms with Gasteiger partial charge >= 0.3 is 6.18 Å². The normalized spacial score (nSPS) is 15.3. The van der Waals surface area contributed by atoms with Crippen molar-refractivity contribution in [1.82, 2.24) is 5.32 Å². The molecule has 8 heteroatoms.